The van der Waals surface area contributed by atoms with Crippen LogP contribution in [0.25, 0.3) is 0 Å². The summed E-state index contributed by atoms with van der Waals surface area (Å²) >= 11 is 0. The van der Waals surface area contributed by atoms with Crippen molar-refractivity contribution in [3.8, 4) is 5.75 Å². The minimum absolute atomic E-state index is 0.289. The molecule has 0 radical (unpaired) electrons. The van der Waals surface area contributed by atoms with Gasteiger partial charge >= 0.3 is 6.18 Å². The normalized spacial score (nSPS) is 12.1. The van der Waals surface area contributed by atoms with E-state index in [1.54, 1.807) is 0 Å². The molecule has 0 atom stereocenters. The first kappa shape index (κ1) is 11.5. The van der Waals surface area contributed by atoms with Crippen LogP contribution in [0.2, 0.25) is 0 Å². The summed E-state index contributed by atoms with van der Waals surface area (Å²) in [6, 6.07) is 0.611. The molecule has 0 unspecified atom stereocenters. The summed E-state index contributed by atoms with van der Waals surface area (Å²) in [5.41, 5.74) is 1.58. The van der Waals surface area contributed by atoms with Crippen LogP contribution in [-0.2, 0) is 6.18 Å². The molecular formula is C8H6F5NO. The smallest absolute Gasteiger partial charge is 0.416 e. The third-order valence-corrected chi connectivity index (χ3v) is 1.74. The van der Waals surface area contributed by atoms with E-state index in [1.807, 2.05) is 0 Å². The number of anilines is 1. The Labute approximate surface area is 81.1 Å². The number of phenolic OH excluding ortho intramolecular Hbond substituents is 1. The fourth-order valence-electron chi connectivity index (χ4n) is 1.05. The summed E-state index contributed by atoms with van der Waals surface area (Å²) in [5.74, 6) is -0.793. The Morgan fingerprint density at radius 3 is 2.13 bits per heavy atom. The molecule has 0 saturated carbocycles. The molecular weight excluding hydrogens is 221 g/mol. The van der Waals surface area contributed by atoms with Crippen molar-refractivity contribution in [1.82, 2.24) is 0 Å². The number of phenols is 1. The highest BCUT2D eigenvalue weighted by Gasteiger charge is 2.36. The van der Waals surface area contributed by atoms with Gasteiger partial charge in [0.05, 0.1) is 11.3 Å². The van der Waals surface area contributed by atoms with Gasteiger partial charge in [-0.15, -0.1) is 0 Å². The molecule has 84 valence electrons. The van der Waals surface area contributed by atoms with Crippen LogP contribution in [-0.4, -0.2) is 5.11 Å². The molecule has 0 fully saturated rings. The standard InChI is InChI=1S/C8H6F5NO/c9-7(10)3-1-6(15)5(14)2-4(3)8(11,12)13/h1-2,7,15H,14H2. The Balaban J connectivity index is 3.42. The number of hydrogen-bond acceptors (Lipinski definition) is 2. The maximum atomic E-state index is 12.2. The lowest BCUT2D eigenvalue weighted by Gasteiger charge is -2.13. The van der Waals surface area contributed by atoms with E-state index in [-0.39, 0.29) is 6.07 Å². The fourth-order valence-corrected chi connectivity index (χ4v) is 1.05. The molecule has 0 aliphatic carbocycles. The van der Waals surface area contributed by atoms with Gasteiger partial charge in [0.25, 0.3) is 6.43 Å². The molecule has 0 heterocycles. The average Bonchev–Trinajstić information content (AvgIpc) is 2.06. The van der Waals surface area contributed by atoms with Crippen LogP contribution in [0.4, 0.5) is 27.6 Å². The molecule has 2 nitrogen and oxygen atoms in total. The first-order valence-electron chi connectivity index (χ1n) is 3.71. The molecule has 1 aromatic carbocycles. The van der Waals surface area contributed by atoms with E-state index in [1.165, 1.54) is 0 Å². The lowest BCUT2D eigenvalue weighted by molar-refractivity contribution is -0.139. The number of nitrogen functional groups attached to an aromatic ring is 1. The number of nitrogens with two attached hydrogens (primary N) is 1. The molecule has 15 heavy (non-hydrogen) atoms. The summed E-state index contributed by atoms with van der Waals surface area (Å²) in [5, 5.41) is 8.91. The van der Waals surface area contributed by atoms with Crippen LogP contribution in [0.3, 0.4) is 0 Å². The van der Waals surface area contributed by atoms with Crippen molar-refractivity contribution in [2.75, 3.05) is 5.73 Å². The van der Waals surface area contributed by atoms with Gasteiger partial charge in [0.2, 0.25) is 0 Å². The molecule has 0 bridgehead atoms. The van der Waals surface area contributed by atoms with E-state index < -0.39 is 35.2 Å². The van der Waals surface area contributed by atoms with E-state index in [2.05, 4.69) is 0 Å². The molecule has 0 aliphatic heterocycles. The van der Waals surface area contributed by atoms with Crippen molar-refractivity contribution in [1.29, 1.82) is 0 Å². The second kappa shape index (κ2) is 3.56. The predicted molar refractivity (Wildman–Crippen MR) is 42.5 cm³/mol. The second-order valence-electron chi connectivity index (χ2n) is 2.80. The number of alkyl halides is 5. The minimum atomic E-state index is -4.92. The molecule has 0 saturated heterocycles. The van der Waals surface area contributed by atoms with Crippen LogP contribution < -0.4 is 5.73 Å². The fraction of sp³-hybridized carbons (Fsp3) is 0.250. The quantitative estimate of drug-likeness (QED) is 0.440. The summed E-state index contributed by atoms with van der Waals surface area (Å²) in [4.78, 5) is 0. The Bertz CT molecular complexity index is 374. The number of halogens is 5. The van der Waals surface area contributed by atoms with Gasteiger partial charge in [-0.1, -0.05) is 0 Å². The lowest BCUT2D eigenvalue weighted by Crippen LogP contribution is -2.10. The molecule has 0 aromatic heterocycles. The molecule has 0 spiro atoms. The third-order valence-electron chi connectivity index (χ3n) is 1.74. The zero-order valence-electron chi connectivity index (χ0n) is 7.15. The Morgan fingerprint density at radius 2 is 1.73 bits per heavy atom. The Morgan fingerprint density at radius 1 is 1.20 bits per heavy atom. The highest BCUT2D eigenvalue weighted by molar-refractivity contribution is 5.57. The zero-order chi connectivity index (χ0) is 11.8. The van der Waals surface area contributed by atoms with E-state index >= 15 is 0 Å². The van der Waals surface area contributed by atoms with Crippen LogP contribution in [0.15, 0.2) is 12.1 Å². The Kier molecular flexibility index (Phi) is 2.74. The molecule has 7 heteroatoms. The molecule has 1 aromatic rings. The number of rotatable bonds is 1. The maximum absolute atomic E-state index is 12.2. The van der Waals surface area contributed by atoms with Crippen molar-refractivity contribution in [2.45, 2.75) is 12.6 Å². The van der Waals surface area contributed by atoms with Gasteiger partial charge < -0.3 is 10.8 Å². The summed E-state index contributed by atoms with van der Waals surface area (Å²) in [6.45, 7) is 0. The van der Waals surface area contributed by atoms with Crippen molar-refractivity contribution in [2.24, 2.45) is 0 Å². The maximum Gasteiger partial charge on any atom is 0.416 e. The van der Waals surface area contributed by atoms with Crippen LogP contribution in [0.1, 0.15) is 17.6 Å². The van der Waals surface area contributed by atoms with Gasteiger partial charge in [0.15, 0.2) is 0 Å². The second-order valence-corrected chi connectivity index (χ2v) is 2.80. The SMILES string of the molecule is Nc1cc(C(F)(F)F)c(C(F)F)cc1O. The first-order valence-corrected chi connectivity index (χ1v) is 3.71. The highest BCUT2D eigenvalue weighted by Crippen LogP contribution is 2.40. The third kappa shape index (κ3) is 2.28. The molecule has 0 amide bonds. The average molecular weight is 227 g/mol. The van der Waals surface area contributed by atoms with Crippen LogP contribution in [0.5, 0.6) is 5.75 Å². The van der Waals surface area contributed by atoms with Gasteiger partial charge in [0, 0.05) is 5.56 Å². The summed E-state index contributed by atoms with van der Waals surface area (Å²) < 4.78 is 61.2. The topological polar surface area (TPSA) is 46.2 Å². The van der Waals surface area contributed by atoms with E-state index in [0.717, 1.165) is 0 Å². The van der Waals surface area contributed by atoms with Crippen molar-refractivity contribution in [3.63, 3.8) is 0 Å². The van der Waals surface area contributed by atoms with Crippen LogP contribution in [0, 0.1) is 0 Å². The van der Waals surface area contributed by atoms with Crippen molar-refractivity contribution < 1.29 is 27.1 Å². The number of aromatic hydroxyl groups is 1. The number of hydrogen-bond donors (Lipinski definition) is 2. The molecule has 3 N–H and O–H groups in total. The zero-order valence-corrected chi connectivity index (χ0v) is 7.15. The minimum Gasteiger partial charge on any atom is -0.506 e. The summed E-state index contributed by atoms with van der Waals surface area (Å²) in [6.07, 6.45) is -8.25. The monoisotopic (exact) mass is 227 g/mol. The van der Waals surface area contributed by atoms with Gasteiger partial charge in [-0.05, 0) is 12.1 Å². The van der Waals surface area contributed by atoms with Crippen molar-refractivity contribution >= 4 is 5.69 Å². The molecule has 0 aliphatic rings. The summed E-state index contributed by atoms with van der Waals surface area (Å²) in [7, 11) is 0. The lowest BCUT2D eigenvalue weighted by atomic mass is 10.1. The van der Waals surface area contributed by atoms with Crippen molar-refractivity contribution in [3.05, 3.63) is 23.3 Å². The van der Waals surface area contributed by atoms with Gasteiger partial charge in [-0.2, -0.15) is 13.2 Å². The Hall–Kier alpha value is -1.53. The molecule has 1 rings (SSSR count). The van der Waals surface area contributed by atoms with Gasteiger partial charge in [-0.3, -0.25) is 0 Å². The largest absolute Gasteiger partial charge is 0.506 e. The predicted octanol–water partition coefficient (Wildman–Crippen LogP) is 2.93. The van der Waals surface area contributed by atoms with E-state index in [0.29, 0.717) is 6.07 Å². The number of benzene rings is 1. The van der Waals surface area contributed by atoms with E-state index in [4.69, 9.17) is 10.8 Å². The van der Waals surface area contributed by atoms with Gasteiger partial charge in [0.1, 0.15) is 5.75 Å². The van der Waals surface area contributed by atoms with E-state index in [9.17, 15) is 22.0 Å². The van der Waals surface area contributed by atoms with Crippen LogP contribution >= 0.6 is 0 Å². The highest BCUT2D eigenvalue weighted by atomic mass is 19.4. The van der Waals surface area contributed by atoms with Gasteiger partial charge in [-0.25, -0.2) is 8.78 Å². The first-order chi connectivity index (χ1) is 6.73.